The molecule has 0 heterocycles. The average Bonchev–Trinajstić information content (AvgIpc) is 2.98. The number of para-hydroxylation sites is 2. The van der Waals surface area contributed by atoms with Crippen molar-refractivity contribution in [2.24, 2.45) is 11.3 Å². The van der Waals surface area contributed by atoms with Gasteiger partial charge in [-0.25, -0.2) is 4.79 Å². The molecule has 0 fully saturated rings. The van der Waals surface area contributed by atoms with Gasteiger partial charge in [-0.1, -0.05) is 104 Å². The first kappa shape index (κ1) is 33.5. The third-order valence-electron chi connectivity index (χ3n) is 7.27. The number of amides is 2. The molecule has 0 unspecified atom stereocenters. The molecule has 234 valence electrons. The molecule has 4 rings (SSSR count). The number of benzene rings is 4. The summed E-state index contributed by atoms with van der Waals surface area (Å²) in [7, 11) is 0. The number of carboxylic acids is 1. The molecule has 0 aliphatic carbocycles. The third kappa shape index (κ3) is 9.78. The number of nitrogens with one attached hydrogen (secondary N) is 2. The second kappa shape index (κ2) is 15.0. The van der Waals surface area contributed by atoms with Crippen molar-refractivity contribution in [1.29, 1.82) is 0 Å². The SMILES string of the molecule is CC(C)CC(C)(C)CC(=O)Nc1ccc(Br)cc1C(=O)N[C@@H](Cc1ccc(-c2ccccc2Oc2ccccc2)cc1)C(=O)O. The van der Waals surface area contributed by atoms with Crippen molar-refractivity contribution in [3.05, 3.63) is 113 Å². The van der Waals surface area contributed by atoms with Crippen LogP contribution in [0.2, 0.25) is 0 Å². The van der Waals surface area contributed by atoms with E-state index in [-0.39, 0.29) is 23.3 Å². The first-order valence-electron chi connectivity index (χ1n) is 14.9. The van der Waals surface area contributed by atoms with Crippen molar-refractivity contribution < 1.29 is 24.2 Å². The zero-order chi connectivity index (χ0) is 32.6. The van der Waals surface area contributed by atoms with Gasteiger partial charge in [0.2, 0.25) is 5.91 Å². The summed E-state index contributed by atoms with van der Waals surface area (Å²) >= 11 is 3.39. The van der Waals surface area contributed by atoms with Crippen LogP contribution in [0.1, 0.15) is 56.5 Å². The lowest BCUT2D eigenvalue weighted by Crippen LogP contribution is -2.42. The van der Waals surface area contributed by atoms with Crippen LogP contribution in [0.25, 0.3) is 11.1 Å². The van der Waals surface area contributed by atoms with Crippen molar-refractivity contribution in [3.63, 3.8) is 0 Å². The molecule has 4 aromatic rings. The molecule has 3 N–H and O–H groups in total. The number of carboxylic acid groups (broad SMARTS) is 1. The molecule has 0 aliphatic heterocycles. The molecule has 0 bridgehead atoms. The van der Waals surface area contributed by atoms with E-state index in [0.29, 0.717) is 28.2 Å². The maximum atomic E-state index is 13.4. The molecule has 0 spiro atoms. The third-order valence-corrected chi connectivity index (χ3v) is 7.76. The summed E-state index contributed by atoms with van der Waals surface area (Å²) in [5.41, 5.74) is 2.84. The van der Waals surface area contributed by atoms with Gasteiger partial charge in [-0.15, -0.1) is 0 Å². The molecule has 8 heteroatoms. The second-order valence-corrected chi connectivity index (χ2v) is 13.3. The summed E-state index contributed by atoms with van der Waals surface area (Å²) < 4.78 is 6.73. The standard InChI is InChI=1S/C37H39BrN2O5/c1-24(2)22-37(3,4)23-34(41)39-31-19-18-27(38)21-30(31)35(42)40-32(36(43)44)20-25-14-16-26(17-15-25)29-12-8-9-13-33(29)45-28-10-6-5-7-11-28/h5-19,21,24,32H,20,22-23H2,1-4H3,(H,39,41)(H,40,42)(H,43,44)/t32-/m0/s1. The van der Waals surface area contributed by atoms with Crippen LogP contribution in [-0.4, -0.2) is 28.9 Å². The van der Waals surface area contributed by atoms with Gasteiger partial charge in [-0.3, -0.25) is 9.59 Å². The van der Waals surface area contributed by atoms with E-state index in [0.717, 1.165) is 28.9 Å². The number of carbonyl (C=O) groups excluding carboxylic acids is 2. The fraction of sp³-hybridized carbons (Fsp3) is 0.270. The van der Waals surface area contributed by atoms with Gasteiger partial charge in [0.1, 0.15) is 17.5 Å². The van der Waals surface area contributed by atoms with Crippen LogP contribution in [-0.2, 0) is 16.0 Å². The van der Waals surface area contributed by atoms with E-state index in [1.165, 1.54) is 0 Å². The molecular weight excluding hydrogens is 632 g/mol. The normalized spacial score (nSPS) is 12.0. The summed E-state index contributed by atoms with van der Waals surface area (Å²) in [5.74, 6) is -0.0931. The number of rotatable bonds is 13. The first-order chi connectivity index (χ1) is 21.4. The summed E-state index contributed by atoms with van der Waals surface area (Å²) in [6.45, 7) is 8.32. The fourth-order valence-electron chi connectivity index (χ4n) is 5.52. The van der Waals surface area contributed by atoms with E-state index in [2.05, 4.69) is 40.4 Å². The monoisotopic (exact) mass is 670 g/mol. The second-order valence-electron chi connectivity index (χ2n) is 12.4. The molecule has 0 aliphatic rings. The van der Waals surface area contributed by atoms with E-state index >= 15 is 0 Å². The van der Waals surface area contributed by atoms with Gasteiger partial charge in [-0.05, 0) is 65.3 Å². The Labute approximate surface area is 273 Å². The van der Waals surface area contributed by atoms with Crippen LogP contribution in [0, 0.1) is 11.3 Å². The van der Waals surface area contributed by atoms with Gasteiger partial charge in [0, 0.05) is 22.9 Å². The maximum absolute atomic E-state index is 13.4. The number of carbonyl (C=O) groups is 3. The van der Waals surface area contributed by atoms with Crippen molar-refractivity contribution in [2.45, 2.75) is 53.0 Å². The summed E-state index contributed by atoms with van der Waals surface area (Å²) in [6.07, 6.45) is 1.24. The molecule has 2 amide bonds. The minimum atomic E-state index is -1.19. The zero-order valence-electron chi connectivity index (χ0n) is 26.0. The Morgan fingerprint density at radius 3 is 2.22 bits per heavy atom. The van der Waals surface area contributed by atoms with Crippen molar-refractivity contribution in [1.82, 2.24) is 5.32 Å². The van der Waals surface area contributed by atoms with E-state index in [9.17, 15) is 19.5 Å². The predicted molar refractivity (Wildman–Crippen MR) is 182 cm³/mol. The van der Waals surface area contributed by atoms with E-state index in [4.69, 9.17) is 4.74 Å². The lowest BCUT2D eigenvalue weighted by atomic mass is 9.81. The van der Waals surface area contributed by atoms with Gasteiger partial charge in [0.25, 0.3) is 5.91 Å². The van der Waals surface area contributed by atoms with Crippen LogP contribution in [0.4, 0.5) is 5.69 Å². The Morgan fingerprint density at radius 1 is 0.889 bits per heavy atom. The van der Waals surface area contributed by atoms with E-state index in [1.807, 2.05) is 92.7 Å². The first-order valence-corrected chi connectivity index (χ1v) is 15.7. The molecule has 1 atom stereocenters. The van der Waals surface area contributed by atoms with Gasteiger partial charge in [0.05, 0.1) is 11.3 Å². The fourth-order valence-corrected chi connectivity index (χ4v) is 5.88. The molecule has 0 saturated heterocycles. The molecular formula is C37H39BrN2O5. The topological polar surface area (TPSA) is 105 Å². The van der Waals surface area contributed by atoms with Crippen LogP contribution >= 0.6 is 15.9 Å². The number of halogens is 1. The number of hydrogen-bond donors (Lipinski definition) is 3. The molecule has 0 saturated carbocycles. The van der Waals surface area contributed by atoms with Gasteiger partial charge < -0.3 is 20.5 Å². The largest absolute Gasteiger partial charge is 0.480 e. The number of ether oxygens (including phenoxy) is 1. The van der Waals surface area contributed by atoms with E-state index in [1.54, 1.807) is 18.2 Å². The van der Waals surface area contributed by atoms with E-state index < -0.39 is 17.9 Å². The average molecular weight is 672 g/mol. The van der Waals surface area contributed by atoms with Gasteiger partial charge in [0.15, 0.2) is 0 Å². The quantitative estimate of drug-likeness (QED) is 0.132. The maximum Gasteiger partial charge on any atom is 0.326 e. The number of anilines is 1. The minimum absolute atomic E-state index is 0.0720. The Kier molecular flexibility index (Phi) is 11.2. The highest BCUT2D eigenvalue weighted by Gasteiger charge is 2.26. The summed E-state index contributed by atoms with van der Waals surface area (Å²) in [6, 6.07) is 28.5. The zero-order valence-corrected chi connectivity index (χ0v) is 27.6. The molecule has 0 aromatic heterocycles. The minimum Gasteiger partial charge on any atom is -0.480 e. The highest BCUT2D eigenvalue weighted by Crippen LogP contribution is 2.34. The molecule has 0 radical (unpaired) electrons. The van der Waals surface area contributed by atoms with Crippen molar-refractivity contribution >= 4 is 39.4 Å². The number of aliphatic carboxylic acids is 1. The summed E-state index contributed by atoms with van der Waals surface area (Å²) in [5, 5.41) is 15.5. The highest BCUT2D eigenvalue weighted by atomic mass is 79.9. The van der Waals surface area contributed by atoms with Crippen molar-refractivity contribution in [2.75, 3.05) is 5.32 Å². The Hall–Kier alpha value is -4.43. The molecule has 4 aromatic carbocycles. The Morgan fingerprint density at radius 2 is 1.56 bits per heavy atom. The van der Waals surface area contributed by atoms with Gasteiger partial charge in [-0.2, -0.15) is 0 Å². The highest BCUT2D eigenvalue weighted by molar-refractivity contribution is 9.10. The smallest absolute Gasteiger partial charge is 0.326 e. The molecule has 7 nitrogen and oxygen atoms in total. The van der Waals surface area contributed by atoms with Gasteiger partial charge >= 0.3 is 5.97 Å². The Bertz CT molecular complexity index is 1630. The van der Waals surface area contributed by atoms with Crippen LogP contribution < -0.4 is 15.4 Å². The summed E-state index contributed by atoms with van der Waals surface area (Å²) in [4.78, 5) is 38.6. The van der Waals surface area contributed by atoms with Crippen molar-refractivity contribution in [3.8, 4) is 22.6 Å². The molecule has 45 heavy (non-hydrogen) atoms. The van der Waals surface area contributed by atoms with Crippen LogP contribution in [0.5, 0.6) is 11.5 Å². The lowest BCUT2D eigenvalue weighted by molar-refractivity contribution is -0.139. The number of hydrogen-bond acceptors (Lipinski definition) is 4. The lowest BCUT2D eigenvalue weighted by Gasteiger charge is -2.26. The van der Waals surface area contributed by atoms with Crippen LogP contribution in [0.3, 0.4) is 0 Å². The predicted octanol–water partition coefficient (Wildman–Crippen LogP) is 8.74. The van der Waals surface area contributed by atoms with Crippen LogP contribution in [0.15, 0.2) is 102 Å². The Balaban J connectivity index is 1.47.